The van der Waals surface area contributed by atoms with Crippen molar-refractivity contribution in [2.24, 2.45) is 0 Å². The van der Waals surface area contributed by atoms with Crippen molar-refractivity contribution in [3.8, 4) is 12.0 Å². The van der Waals surface area contributed by atoms with E-state index in [1.54, 1.807) is 14.2 Å². The number of rotatable bonds is 14. The minimum absolute atomic E-state index is 0. The van der Waals surface area contributed by atoms with E-state index < -0.39 is 0 Å². The van der Waals surface area contributed by atoms with Gasteiger partial charge in [-0.25, -0.2) is 9.59 Å². The van der Waals surface area contributed by atoms with Crippen LogP contribution in [0.1, 0.15) is 37.1 Å². The number of H-pyrrole nitrogens is 2. The molecule has 0 bridgehead atoms. The number of halogens is 4. The number of aromatic amines is 2. The van der Waals surface area contributed by atoms with Gasteiger partial charge in [-0.3, -0.25) is 9.13 Å². The molecule has 0 aliphatic carbocycles. The smallest absolute Gasteiger partial charge is 0.328 e. The first kappa shape index (κ1) is 48.7. The van der Waals surface area contributed by atoms with Crippen molar-refractivity contribution in [3.63, 3.8) is 0 Å². The van der Waals surface area contributed by atoms with Crippen molar-refractivity contribution in [1.82, 2.24) is 39.0 Å². The van der Waals surface area contributed by atoms with E-state index in [4.69, 9.17) is 30.4 Å². The Morgan fingerprint density at radius 2 is 1.09 bits per heavy atom. The predicted octanol–water partition coefficient (Wildman–Crippen LogP) is 6.61. The maximum absolute atomic E-state index is 12.3. The number of hydrogen-bond acceptors (Lipinski definition) is 13. The van der Waals surface area contributed by atoms with Crippen LogP contribution >= 0.6 is 66.4 Å². The molecule has 7 N–H and O–H groups in total. The zero-order valence-corrected chi connectivity index (χ0v) is 36.2. The van der Waals surface area contributed by atoms with Gasteiger partial charge in [0, 0.05) is 19.5 Å². The fourth-order valence-corrected chi connectivity index (χ4v) is 5.27. The van der Waals surface area contributed by atoms with Crippen LogP contribution in [0.3, 0.4) is 0 Å². The number of hydrogen-bond donors (Lipinski definition) is 5. The Morgan fingerprint density at radius 3 is 1.48 bits per heavy atom. The molecule has 0 spiro atoms. The molecule has 0 saturated heterocycles. The molecule has 0 amide bonds. The van der Waals surface area contributed by atoms with Crippen molar-refractivity contribution in [3.05, 3.63) is 91.8 Å². The number of aliphatic hydroxyl groups excluding tert-OH is 1. The molecule has 306 valence electrons. The normalized spacial score (nSPS) is 10.6. The third-order valence-corrected chi connectivity index (χ3v) is 7.95. The van der Waals surface area contributed by atoms with E-state index in [1.165, 1.54) is 9.13 Å². The van der Waals surface area contributed by atoms with Crippen molar-refractivity contribution in [1.29, 1.82) is 0 Å². The Bertz CT molecular complexity index is 2100. The first-order chi connectivity index (χ1) is 26.0. The topological polar surface area (TPSA) is 236 Å². The van der Waals surface area contributed by atoms with Crippen LogP contribution in [0.5, 0.6) is 12.0 Å². The van der Waals surface area contributed by atoms with Crippen LogP contribution in [-0.2, 0) is 34.5 Å². The summed E-state index contributed by atoms with van der Waals surface area (Å²) in [5, 5.41) is 10.00. The number of alkyl halides is 1. The molecule has 2 aromatic carbocycles. The lowest BCUT2D eigenvalue weighted by molar-refractivity contribution is 0.141. The van der Waals surface area contributed by atoms with Gasteiger partial charge < -0.3 is 45.5 Å². The molecular weight excluding hydrogens is 1010 g/mol. The van der Waals surface area contributed by atoms with Gasteiger partial charge in [-0.15, -0.1) is 0 Å². The number of nitrogens with two attached hydrogens (primary N) is 2. The van der Waals surface area contributed by atoms with Crippen LogP contribution in [0.4, 0.5) is 11.6 Å². The van der Waals surface area contributed by atoms with Gasteiger partial charge in [0.15, 0.2) is 22.9 Å². The number of benzene rings is 2. The predicted molar refractivity (Wildman–Crippen MR) is 237 cm³/mol. The summed E-state index contributed by atoms with van der Waals surface area (Å²) in [6.07, 6.45) is 0. The van der Waals surface area contributed by atoms with Crippen molar-refractivity contribution >= 4 is 100 Å². The van der Waals surface area contributed by atoms with E-state index in [2.05, 4.69) is 92.3 Å². The fourth-order valence-electron chi connectivity index (χ4n) is 4.92. The minimum Gasteiger partial charge on any atom is -0.461 e. The third-order valence-electron chi connectivity index (χ3n) is 7.30. The van der Waals surface area contributed by atoms with Crippen molar-refractivity contribution < 1.29 is 24.1 Å². The molecule has 17 nitrogen and oxygen atoms in total. The average molecular weight is 1060 g/mol. The molecule has 6 rings (SSSR count). The van der Waals surface area contributed by atoms with Gasteiger partial charge in [0.1, 0.15) is 28.3 Å². The van der Waals surface area contributed by atoms with E-state index in [0.717, 1.165) is 27.6 Å². The zero-order chi connectivity index (χ0) is 39.2. The Hall–Kier alpha value is -3.43. The largest absolute Gasteiger partial charge is 0.461 e. The average Bonchev–Trinajstić information content (AvgIpc) is 3.63. The second-order valence-electron chi connectivity index (χ2n) is 11.0. The molecule has 0 unspecified atom stereocenters. The van der Waals surface area contributed by atoms with Crippen LogP contribution in [-0.4, -0.2) is 84.8 Å². The molecule has 0 aliphatic heterocycles. The molecule has 0 aliphatic rings. The summed E-state index contributed by atoms with van der Waals surface area (Å²) >= 11 is 12.9. The fraction of sp³-hybridized carbons (Fsp3) is 0.353. The van der Waals surface area contributed by atoms with Crippen LogP contribution in [0.2, 0.25) is 0 Å². The highest BCUT2D eigenvalue weighted by atomic mass is 80.0. The van der Waals surface area contributed by atoms with Crippen LogP contribution in [0.25, 0.3) is 22.3 Å². The summed E-state index contributed by atoms with van der Waals surface area (Å²) < 4.78 is 23.5. The van der Waals surface area contributed by atoms with Crippen molar-refractivity contribution in [2.45, 2.75) is 39.9 Å². The second-order valence-corrected chi connectivity index (χ2v) is 26.9. The number of imidazole rings is 2. The minimum atomic E-state index is -0.348. The van der Waals surface area contributed by atoms with Gasteiger partial charge in [0.05, 0.1) is 32.9 Å². The molecule has 4 aromatic heterocycles. The highest BCUT2D eigenvalue weighted by Gasteiger charge is 2.16. The van der Waals surface area contributed by atoms with E-state index in [0.29, 0.717) is 48.7 Å². The first-order valence-electron chi connectivity index (χ1n) is 15.8. The monoisotopic (exact) mass is 1050 g/mol. The molecular formula is C34H45Br4N10O7P. The van der Waals surface area contributed by atoms with E-state index in [1.807, 2.05) is 48.5 Å². The maximum atomic E-state index is 12.3. The molecule has 22 heteroatoms. The molecule has 0 radical (unpaired) electrons. The SMILES string of the molecule is BrP(Br)Br.C.C.COCCOc1nc(N)c2[nH]c(=O)n(Cc3cccc(CBr)c3)c2n1.COCCOc1nc(N)c2[nH]c(=O)n(Cc3cccc(CO)c3)c2n1. The molecule has 0 fully saturated rings. The molecule has 0 saturated carbocycles. The summed E-state index contributed by atoms with van der Waals surface area (Å²) in [4.78, 5) is 46.7. The number of nitrogens with one attached hydrogen (secondary N) is 2. The second kappa shape index (κ2) is 24.4. The highest BCUT2D eigenvalue weighted by Crippen LogP contribution is 2.59. The summed E-state index contributed by atoms with van der Waals surface area (Å²) in [5.41, 5.74) is 16.5. The van der Waals surface area contributed by atoms with Crippen LogP contribution in [0, 0.1) is 0 Å². The molecule has 0 atom stereocenters. The quantitative estimate of drug-likeness (QED) is 0.0440. The molecule has 56 heavy (non-hydrogen) atoms. The maximum Gasteiger partial charge on any atom is 0.328 e. The van der Waals surface area contributed by atoms with Gasteiger partial charge in [-0.2, -0.15) is 19.9 Å². The van der Waals surface area contributed by atoms with Crippen LogP contribution in [0.15, 0.2) is 58.1 Å². The number of anilines is 2. The number of fused-ring (bicyclic) bond motifs is 2. The summed E-state index contributed by atoms with van der Waals surface area (Å²) in [7, 11) is 3.14. The van der Waals surface area contributed by atoms with Gasteiger partial charge in [0.25, 0.3) is 0 Å². The lowest BCUT2D eigenvalue weighted by atomic mass is 10.1. The van der Waals surface area contributed by atoms with Gasteiger partial charge in [-0.1, -0.05) is 79.3 Å². The van der Waals surface area contributed by atoms with Crippen molar-refractivity contribution in [2.75, 3.05) is 52.1 Å². The Labute approximate surface area is 357 Å². The number of nitrogen functional groups attached to an aromatic ring is 2. The first-order valence-corrected chi connectivity index (χ1v) is 24.3. The Kier molecular flexibility index (Phi) is 21.2. The lowest BCUT2D eigenvalue weighted by Crippen LogP contribution is -2.18. The standard InChI is InChI=1S/C16H18BrN5O3.C16H19N5O4.2CH4.Br3P/c1-24-5-6-25-15-20-13(18)12-14(21-15)22(16(23)19-12)9-11-4-2-3-10(7-11)8-17;1-24-5-6-25-15-19-13(17)12-14(20-15)21(16(23)18-12)8-10-3-2-4-11(7-10)9-22;;;1-4(2)3/h2-4,7H,5-6,8-9H2,1H3,(H,19,23)(H2,18,20,21);2-4,7,22H,5-6,8-9H2,1H3,(H,18,23)(H2,17,19,20);2*1H4;. The number of methoxy groups -OCH3 is 2. The lowest BCUT2D eigenvalue weighted by Gasteiger charge is -2.07. The number of aromatic nitrogens is 8. The Morgan fingerprint density at radius 1 is 0.696 bits per heavy atom. The Balaban J connectivity index is 0.000000342. The van der Waals surface area contributed by atoms with Gasteiger partial charge in [0.2, 0.25) is 0 Å². The number of aliphatic hydroxyl groups is 1. The summed E-state index contributed by atoms with van der Waals surface area (Å²) in [5.74, 6) is 0.305. The summed E-state index contributed by atoms with van der Waals surface area (Å²) in [6, 6.07) is 15.5. The van der Waals surface area contributed by atoms with E-state index in [-0.39, 0.29) is 73.7 Å². The number of nitrogens with zero attached hydrogens (tertiary/aromatic N) is 6. The van der Waals surface area contributed by atoms with Crippen LogP contribution < -0.4 is 32.3 Å². The number of ether oxygens (including phenoxy) is 4. The van der Waals surface area contributed by atoms with Gasteiger partial charge >= 0.3 is 23.4 Å². The van der Waals surface area contributed by atoms with Gasteiger partial charge in [-0.05, 0) is 68.7 Å². The molecule has 6 aromatic rings. The van der Waals surface area contributed by atoms with E-state index in [9.17, 15) is 14.7 Å². The third kappa shape index (κ3) is 13.9. The highest BCUT2D eigenvalue weighted by molar-refractivity contribution is 9.93. The molecule has 4 heterocycles. The zero-order valence-electron chi connectivity index (χ0n) is 29.0. The summed E-state index contributed by atoms with van der Waals surface area (Å²) in [6.45, 7) is 1.94. The van der Waals surface area contributed by atoms with E-state index >= 15 is 0 Å².